The lowest BCUT2D eigenvalue weighted by molar-refractivity contribution is 0.0512. The number of esters is 1. The van der Waals surface area contributed by atoms with Crippen molar-refractivity contribution >= 4 is 17.6 Å². The van der Waals surface area contributed by atoms with Crippen molar-refractivity contribution in [3.05, 3.63) is 34.6 Å². The van der Waals surface area contributed by atoms with E-state index in [-0.39, 0.29) is 28.8 Å². The van der Waals surface area contributed by atoms with Crippen LogP contribution in [0.2, 0.25) is 5.02 Å². The largest absolute Gasteiger partial charge is 0.460 e. The van der Waals surface area contributed by atoms with Gasteiger partial charge in [0.15, 0.2) is 5.82 Å². The molecular weight excluding hydrogens is 280 g/mol. The highest BCUT2D eigenvalue weighted by Crippen LogP contribution is 2.25. The highest BCUT2D eigenvalue weighted by Gasteiger charge is 2.18. The molecule has 0 aliphatic carbocycles. The fraction of sp³-hybridized carbons (Fsp3) is 0.182. The minimum absolute atomic E-state index is 0.156. The number of aromatic nitrogens is 3. The van der Waals surface area contributed by atoms with Crippen LogP contribution in [0.4, 0.5) is 8.78 Å². The van der Waals surface area contributed by atoms with Gasteiger partial charge in [0.1, 0.15) is 11.6 Å². The van der Waals surface area contributed by atoms with Gasteiger partial charge in [0, 0.05) is 0 Å². The SMILES string of the molecule is CCOC(=O)c1nc(-c2cc(F)c(Cl)cc2F)n[nH]1. The molecule has 1 N–H and O–H groups in total. The molecule has 100 valence electrons. The van der Waals surface area contributed by atoms with Crippen LogP contribution < -0.4 is 0 Å². The van der Waals surface area contributed by atoms with Gasteiger partial charge >= 0.3 is 5.97 Å². The third-order valence-corrected chi connectivity index (χ3v) is 2.49. The summed E-state index contributed by atoms with van der Waals surface area (Å²) in [5, 5.41) is 5.58. The molecule has 8 heteroatoms. The third kappa shape index (κ3) is 2.70. The van der Waals surface area contributed by atoms with E-state index >= 15 is 0 Å². The van der Waals surface area contributed by atoms with E-state index < -0.39 is 17.6 Å². The Morgan fingerprint density at radius 2 is 2.16 bits per heavy atom. The molecule has 0 saturated heterocycles. The van der Waals surface area contributed by atoms with Gasteiger partial charge in [0.2, 0.25) is 5.82 Å². The number of ether oxygens (including phenoxy) is 1. The zero-order chi connectivity index (χ0) is 14.0. The molecule has 1 aromatic heterocycles. The van der Waals surface area contributed by atoms with Crippen LogP contribution in [-0.4, -0.2) is 27.8 Å². The average molecular weight is 288 g/mol. The molecule has 0 fully saturated rings. The summed E-state index contributed by atoms with van der Waals surface area (Å²) in [4.78, 5) is 15.1. The van der Waals surface area contributed by atoms with Crippen LogP contribution >= 0.6 is 11.6 Å². The number of nitrogens with zero attached hydrogens (tertiary/aromatic N) is 2. The first-order valence-electron chi connectivity index (χ1n) is 5.27. The van der Waals surface area contributed by atoms with Gasteiger partial charge in [-0.2, -0.15) is 5.10 Å². The number of aromatic amines is 1. The Morgan fingerprint density at radius 3 is 2.84 bits per heavy atom. The highest BCUT2D eigenvalue weighted by atomic mass is 35.5. The molecule has 19 heavy (non-hydrogen) atoms. The predicted octanol–water partition coefficient (Wildman–Crippen LogP) is 2.58. The molecule has 0 aliphatic heterocycles. The van der Waals surface area contributed by atoms with Crippen molar-refractivity contribution < 1.29 is 18.3 Å². The second-order valence-electron chi connectivity index (χ2n) is 3.47. The summed E-state index contributed by atoms with van der Waals surface area (Å²) < 4.78 is 31.6. The van der Waals surface area contributed by atoms with E-state index in [9.17, 15) is 13.6 Å². The van der Waals surface area contributed by atoms with Crippen LogP contribution in [0.15, 0.2) is 12.1 Å². The van der Waals surface area contributed by atoms with Gasteiger partial charge < -0.3 is 4.74 Å². The first-order chi connectivity index (χ1) is 9.02. The van der Waals surface area contributed by atoms with Gasteiger partial charge in [-0.3, -0.25) is 5.10 Å². The van der Waals surface area contributed by atoms with Gasteiger partial charge in [0.25, 0.3) is 0 Å². The standard InChI is InChI=1S/C11H8ClF2N3O2/c1-2-19-11(18)10-15-9(16-17-10)5-3-8(14)6(12)4-7(5)13/h3-4H,2H2,1H3,(H,15,16,17). The number of H-pyrrole nitrogens is 1. The topological polar surface area (TPSA) is 67.9 Å². The normalized spacial score (nSPS) is 10.5. The van der Waals surface area contributed by atoms with E-state index in [0.717, 1.165) is 12.1 Å². The number of carbonyl (C=O) groups excluding carboxylic acids is 1. The zero-order valence-electron chi connectivity index (χ0n) is 9.71. The molecule has 0 aliphatic rings. The van der Waals surface area contributed by atoms with E-state index in [1.807, 2.05) is 0 Å². The molecule has 1 heterocycles. The molecule has 0 amide bonds. The maximum absolute atomic E-state index is 13.6. The average Bonchev–Trinajstić information content (AvgIpc) is 2.83. The molecule has 0 saturated carbocycles. The van der Waals surface area contributed by atoms with Crippen molar-refractivity contribution in [1.29, 1.82) is 0 Å². The van der Waals surface area contributed by atoms with Crippen molar-refractivity contribution in [2.45, 2.75) is 6.92 Å². The number of hydrogen-bond acceptors (Lipinski definition) is 4. The Balaban J connectivity index is 2.38. The molecular formula is C11H8ClF2N3O2. The molecule has 2 rings (SSSR count). The van der Waals surface area contributed by atoms with Crippen LogP contribution in [0.3, 0.4) is 0 Å². The van der Waals surface area contributed by atoms with E-state index in [1.165, 1.54) is 0 Å². The predicted molar refractivity (Wildman–Crippen MR) is 62.7 cm³/mol. The van der Waals surface area contributed by atoms with E-state index in [1.54, 1.807) is 6.92 Å². The fourth-order valence-corrected chi connectivity index (χ4v) is 1.52. The monoisotopic (exact) mass is 287 g/mol. The number of hydrogen-bond donors (Lipinski definition) is 1. The Hall–Kier alpha value is -2.02. The van der Waals surface area contributed by atoms with Crippen LogP contribution in [0.5, 0.6) is 0 Å². The van der Waals surface area contributed by atoms with Crippen molar-refractivity contribution in [3.8, 4) is 11.4 Å². The first-order valence-corrected chi connectivity index (χ1v) is 5.65. The number of carbonyl (C=O) groups is 1. The van der Waals surface area contributed by atoms with Gasteiger partial charge in [-0.05, 0) is 19.1 Å². The van der Waals surface area contributed by atoms with Crippen LogP contribution in [0.25, 0.3) is 11.4 Å². The lowest BCUT2D eigenvalue weighted by atomic mass is 10.2. The van der Waals surface area contributed by atoms with Gasteiger partial charge in [0.05, 0.1) is 17.2 Å². The molecule has 0 spiro atoms. The molecule has 0 atom stereocenters. The quantitative estimate of drug-likeness (QED) is 0.696. The summed E-state index contributed by atoms with van der Waals surface area (Å²) in [7, 11) is 0. The number of rotatable bonds is 3. The second kappa shape index (κ2) is 5.31. The van der Waals surface area contributed by atoms with E-state index in [0.29, 0.717) is 0 Å². The summed E-state index contributed by atoms with van der Waals surface area (Å²) in [5.74, 6) is -2.67. The number of nitrogens with one attached hydrogen (secondary N) is 1. The van der Waals surface area contributed by atoms with Crippen molar-refractivity contribution in [1.82, 2.24) is 15.2 Å². The van der Waals surface area contributed by atoms with Crippen molar-refractivity contribution in [2.24, 2.45) is 0 Å². The molecule has 0 radical (unpaired) electrons. The Bertz CT molecular complexity index is 630. The Kier molecular flexibility index (Phi) is 3.75. The lowest BCUT2D eigenvalue weighted by Gasteiger charge is -2.00. The molecule has 5 nitrogen and oxygen atoms in total. The maximum atomic E-state index is 13.6. The smallest absolute Gasteiger partial charge is 0.375 e. The maximum Gasteiger partial charge on any atom is 0.375 e. The molecule has 1 aromatic carbocycles. The Morgan fingerprint density at radius 1 is 1.42 bits per heavy atom. The molecule has 0 bridgehead atoms. The van der Waals surface area contributed by atoms with E-state index in [2.05, 4.69) is 19.9 Å². The van der Waals surface area contributed by atoms with Crippen LogP contribution in [0, 0.1) is 11.6 Å². The van der Waals surface area contributed by atoms with Gasteiger partial charge in [-0.25, -0.2) is 18.6 Å². The van der Waals surface area contributed by atoms with Gasteiger partial charge in [-0.1, -0.05) is 11.6 Å². The summed E-state index contributed by atoms with van der Waals surface area (Å²) in [5.41, 5.74) is -0.200. The fourth-order valence-electron chi connectivity index (χ4n) is 1.37. The first kappa shape index (κ1) is 13.4. The minimum atomic E-state index is -0.805. The van der Waals surface area contributed by atoms with Crippen molar-refractivity contribution in [2.75, 3.05) is 6.61 Å². The van der Waals surface area contributed by atoms with E-state index in [4.69, 9.17) is 11.6 Å². The summed E-state index contributed by atoms with van der Waals surface area (Å²) >= 11 is 5.43. The lowest BCUT2D eigenvalue weighted by Crippen LogP contribution is -2.06. The number of benzene rings is 1. The zero-order valence-corrected chi connectivity index (χ0v) is 10.5. The minimum Gasteiger partial charge on any atom is -0.460 e. The summed E-state index contributed by atoms with van der Waals surface area (Å²) in [6.45, 7) is 1.79. The second-order valence-corrected chi connectivity index (χ2v) is 3.88. The summed E-state index contributed by atoms with van der Waals surface area (Å²) in [6.07, 6.45) is 0. The van der Waals surface area contributed by atoms with Gasteiger partial charge in [-0.15, -0.1) is 0 Å². The van der Waals surface area contributed by atoms with Crippen LogP contribution in [-0.2, 0) is 4.74 Å². The van der Waals surface area contributed by atoms with Crippen molar-refractivity contribution in [3.63, 3.8) is 0 Å². The molecule has 0 unspecified atom stereocenters. The highest BCUT2D eigenvalue weighted by molar-refractivity contribution is 6.30. The summed E-state index contributed by atoms with van der Waals surface area (Å²) in [6, 6.07) is 1.67. The third-order valence-electron chi connectivity index (χ3n) is 2.21. The number of halogens is 3. The Labute approximate surface area is 111 Å². The van der Waals surface area contributed by atoms with Crippen LogP contribution in [0.1, 0.15) is 17.5 Å². The molecule has 2 aromatic rings.